The summed E-state index contributed by atoms with van der Waals surface area (Å²) in [6.07, 6.45) is 3.31. The second-order valence-electron chi connectivity index (χ2n) is 5.65. The first kappa shape index (κ1) is 19.9. The molecule has 2 aromatic heterocycles. The van der Waals surface area contributed by atoms with E-state index < -0.39 is 17.5 Å². The molecule has 0 saturated carbocycles. The van der Waals surface area contributed by atoms with E-state index in [9.17, 15) is 13.6 Å². The van der Waals surface area contributed by atoms with Gasteiger partial charge in [0.1, 0.15) is 11.6 Å². The smallest absolute Gasteiger partial charge is 0.234 e. The van der Waals surface area contributed by atoms with Crippen LogP contribution in [0.2, 0.25) is 0 Å². The van der Waals surface area contributed by atoms with Crippen LogP contribution in [0.3, 0.4) is 0 Å². The van der Waals surface area contributed by atoms with E-state index in [4.69, 9.17) is 4.74 Å². The zero-order valence-electron chi connectivity index (χ0n) is 14.9. The summed E-state index contributed by atoms with van der Waals surface area (Å²) in [4.78, 5) is 16.1. The fourth-order valence-corrected chi connectivity index (χ4v) is 3.17. The van der Waals surface area contributed by atoms with Crippen LogP contribution in [-0.4, -0.2) is 45.1 Å². The number of thioether (sulfide) groups is 1. The van der Waals surface area contributed by atoms with Gasteiger partial charge in [-0.3, -0.25) is 14.3 Å². The number of anilines is 1. The number of amides is 1. The first-order chi connectivity index (χ1) is 13.6. The van der Waals surface area contributed by atoms with Crippen LogP contribution in [-0.2, 0) is 16.1 Å². The summed E-state index contributed by atoms with van der Waals surface area (Å²) in [5, 5.41) is 11.3. The molecule has 3 rings (SSSR count). The number of halogens is 2. The van der Waals surface area contributed by atoms with E-state index in [2.05, 4.69) is 20.5 Å². The van der Waals surface area contributed by atoms with Gasteiger partial charge < -0.3 is 10.1 Å². The van der Waals surface area contributed by atoms with E-state index in [1.807, 2.05) is 16.7 Å². The lowest BCUT2D eigenvalue weighted by Gasteiger charge is -2.10. The van der Waals surface area contributed by atoms with E-state index in [0.29, 0.717) is 30.2 Å². The average molecular weight is 405 g/mol. The average Bonchev–Trinajstić information content (AvgIpc) is 3.10. The molecular formula is C18H17F2N5O2S. The van der Waals surface area contributed by atoms with Crippen molar-refractivity contribution in [1.29, 1.82) is 0 Å². The normalized spacial score (nSPS) is 10.8. The fraction of sp³-hybridized carbons (Fsp3) is 0.222. The summed E-state index contributed by atoms with van der Waals surface area (Å²) < 4.78 is 33.6. The molecule has 0 aliphatic carbocycles. The third-order valence-electron chi connectivity index (χ3n) is 3.71. The van der Waals surface area contributed by atoms with Gasteiger partial charge in [0.2, 0.25) is 5.91 Å². The number of carbonyl (C=O) groups is 1. The SMILES string of the molecule is COCCn1c(SCC(=O)Nc2ccc(F)cc2F)nnc1-c1ccncc1. The zero-order chi connectivity index (χ0) is 19.9. The van der Waals surface area contributed by atoms with Crippen molar-refractivity contribution in [3.8, 4) is 11.4 Å². The molecule has 0 radical (unpaired) electrons. The zero-order valence-corrected chi connectivity index (χ0v) is 15.7. The highest BCUT2D eigenvalue weighted by atomic mass is 32.2. The number of nitrogens with zero attached hydrogens (tertiary/aromatic N) is 4. The van der Waals surface area contributed by atoms with E-state index in [-0.39, 0.29) is 11.4 Å². The highest BCUT2D eigenvalue weighted by molar-refractivity contribution is 7.99. The number of carbonyl (C=O) groups excluding carboxylic acids is 1. The lowest BCUT2D eigenvalue weighted by molar-refractivity contribution is -0.113. The molecule has 0 bridgehead atoms. The maximum Gasteiger partial charge on any atom is 0.234 e. The summed E-state index contributed by atoms with van der Waals surface area (Å²) in [7, 11) is 1.59. The van der Waals surface area contributed by atoms with Crippen LogP contribution in [0.4, 0.5) is 14.5 Å². The monoisotopic (exact) mass is 405 g/mol. The molecule has 0 fully saturated rings. The van der Waals surface area contributed by atoms with Gasteiger partial charge in [-0.1, -0.05) is 11.8 Å². The van der Waals surface area contributed by atoms with Gasteiger partial charge in [0.25, 0.3) is 0 Å². The Morgan fingerprint density at radius 2 is 2.00 bits per heavy atom. The van der Waals surface area contributed by atoms with Crippen LogP contribution >= 0.6 is 11.8 Å². The largest absolute Gasteiger partial charge is 0.383 e. The van der Waals surface area contributed by atoms with Gasteiger partial charge in [-0.15, -0.1) is 10.2 Å². The van der Waals surface area contributed by atoms with Crippen molar-refractivity contribution in [1.82, 2.24) is 19.7 Å². The molecule has 0 unspecified atom stereocenters. The Labute approximate surface area is 164 Å². The van der Waals surface area contributed by atoms with Crippen LogP contribution in [0, 0.1) is 11.6 Å². The predicted octanol–water partition coefficient (Wildman–Crippen LogP) is 3.00. The summed E-state index contributed by atoms with van der Waals surface area (Å²) in [5.41, 5.74) is 0.758. The molecular weight excluding hydrogens is 388 g/mol. The van der Waals surface area contributed by atoms with Crippen LogP contribution < -0.4 is 5.32 Å². The Balaban J connectivity index is 1.71. The van der Waals surface area contributed by atoms with Crippen molar-refractivity contribution in [2.45, 2.75) is 11.7 Å². The topological polar surface area (TPSA) is 81.9 Å². The molecule has 1 N–H and O–H groups in total. The van der Waals surface area contributed by atoms with Crippen LogP contribution in [0.15, 0.2) is 47.9 Å². The molecule has 1 amide bonds. The molecule has 1 aromatic carbocycles. The first-order valence-corrected chi connectivity index (χ1v) is 9.27. The summed E-state index contributed by atoms with van der Waals surface area (Å²) >= 11 is 1.16. The van der Waals surface area contributed by atoms with Crippen molar-refractivity contribution in [3.05, 3.63) is 54.4 Å². The van der Waals surface area contributed by atoms with E-state index in [0.717, 1.165) is 23.4 Å². The van der Waals surface area contributed by atoms with Gasteiger partial charge in [0.15, 0.2) is 11.0 Å². The van der Waals surface area contributed by atoms with Crippen molar-refractivity contribution < 1.29 is 18.3 Å². The second-order valence-corrected chi connectivity index (χ2v) is 6.59. The van der Waals surface area contributed by atoms with Crippen molar-refractivity contribution >= 4 is 23.4 Å². The number of hydrogen-bond donors (Lipinski definition) is 1. The third-order valence-corrected chi connectivity index (χ3v) is 4.68. The molecule has 0 spiro atoms. The Morgan fingerprint density at radius 1 is 1.21 bits per heavy atom. The maximum atomic E-state index is 13.7. The number of nitrogens with one attached hydrogen (secondary N) is 1. The molecule has 0 aliphatic heterocycles. The Bertz CT molecular complexity index is 952. The van der Waals surface area contributed by atoms with Gasteiger partial charge in [-0.05, 0) is 24.3 Å². The maximum absolute atomic E-state index is 13.7. The highest BCUT2D eigenvalue weighted by Crippen LogP contribution is 2.24. The number of rotatable bonds is 8. The molecule has 7 nitrogen and oxygen atoms in total. The lowest BCUT2D eigenvalue weighted by atomic mass is 10.2. The number of pyridine rings is 1. The Kier molecular flexibility index (Phi) is 6.66. The lowest BCUT2D eigenvalue weighted by Crippen LogP contribution is -2.16. The van der Waals surface area contributed by atoms with Crippen molar-refractivity contribution in [2.75, 3.05) is 24.8 Å². The summed E-state index contributed by atoms with van der Waals surface area (Å²) in [6.45, 7) is 0.939. The van der Waals surface area contributed by atoms with Crippen LogP contribution in [0.1, 0.15) is 0 Å². The minimum Gasteiger partial charge on any atom is -0.383 e. The molecule has 2 heterocycles. The molecule has 146 valence electrons. The predicted molar refractivity (Wildman–Crippen MR) is 101 cm³/mol. The van der Waals surface area contributed by atoms with E-state index in [1.54, 1.807) is 19.5 Å². The molecule has 0 saturated heterocycles. The minimum atomic E-state index is -0.832. The fourth-order valence-electron chi connectivity index (χ4n) is 2.40. The van der Waals surface area contributed by atoms with E-state index in [1.165, 1.54) is 6.07 Å². The van der Waals surface area contributed by atoms with Gasteiger partial charge in [0, 0.05) is 31.1 Å². The third kappa shape index (κ3) is 4.90. The van der Waals surface area contributed by atoms with Gasteiger partial charge in [-0.2, -0.15) is 0 Å². The van der Waals surface area contributed by atoms with Crippen LogP contribution in [0.5, 0.6) is 0 Å². The van der Waals surface area contributed by atoms with Gasteiger partial charge in [0.05, 0.1) is 24.6 Å². The number of methoxy groups -OCH3 is 1. The molecule has 3 aromatic rings. The van der Waals surface area contributed by atoms with Gasteiger partial charge >= 0.3 is 0 Å². The number of aromatic nitrogens is 4. The van der Waals surface area contributed by atoms with Crippen LogP contribution in [0.25, 0.3) is 11.4 Å². The highest BCUT2D eigenvalue weighted by Gasteiger charge is 2.16. The number of hydrogen-bond acceptors (Lipinski definition) is 6. The summed E-state index contributed by atoms with van der Waals surface area (Å²) in [6, 6.07) is 6.59. The second kappa shape index (κ2) is 9.38. The molecule has 0 aliphatic rings. The van der Waals surface area contributed by atoms with Crippen molar-refractivity contribution in [3.63, 3.8) is 0 Å². The Hall–Kier alpha value is -2.85. The quantitative estimate of drug-likeness (QED) is 0.580. The van der Waals surface area contributed by atoms with E-state index >= 15 is 0 Å². The van der Waals surface area contributed by atoms with Crippen molar-refractivity contribution in [2.24, 2.45) is 0 Å². The molecule has 10 heteroatoms. The molecule has 0 atom stereocenters. The standard InChI is InChI=1S/C18H17F2N5O2S/c1-27-9-8-25-17(12-4-6-21-7-5-12)23-24-18(25)28-11-16(26)22-15-3-2-13(19)10-14(15)20/h2-7,10H,8-9,11H2,1H3,(H,22,26). The Morgan fingerprint density at radius 3 is 2.71 bits per heavy atom. The summed E-state index contributed by atoms with van der Waals surface area (Å²) in [5.74, 6) is -1.37. The number of benzene rings is 1. The molecule has 28 heavy (non-hydrogen) atoms. The van der Waals surface area contributed by atoms with Gasteiger partial charge in [-0.25, -0.2) is 8.78 Å². The first-order valence-electron chi connectivity index (χ1n) is 8.28. The number of ether oxygens (including phenoxy) is 1. The minimum absolute atomic E-state index is 0.0156.